The normalized spacial score (nSPS) is 39.9. The third-order valence-corrected chi connectivity index (χ3v) is 13.7. The van der Waals surface area contributed by atoms with Crippen molar-refractivity contribution in [2.45, 2.75) is 104 Å². The fourth-order valence-electron chi connectivity index (χ4n) is 10.0. The van der Waals surface area contributed by atoms with Crippen molar-refractivity contribution < 1.29 is 18.3 Å². The summed E-state index contributed by atoms with van der Waals surface area (Å²) in [5, 5.41) is 10.4. The van der Waals surface area contributed by atoms with Crippen molar-refractivity contribution >= 4 is 10.0 Å². The number of fused-ring (bicyclic) bond motifs is 6. The van der Waals surface area contributed by atoms with Crippen LogP contribution < -0.4 is 4.72 Å². The molecule has 3 aliphatic carbocycles. The Morgan fingerprint density at radius 1 is 1.11 bits per heavy atom. The maximum atomic E-state index is 12.8. The van der Waals surface area contributed by atoms with Crippen LogP contribution in [-0.2, 0) is 21.2 Å². The molecule has 0 unspecified atom stereocenters. The predicted molar refractivity (Wildman–Crippen MR) is 178 cm³/mol. The third kappa shape index (κ3) is 6.78. The molecule has 1 aromatic carbocycles. The molecule has 244 valence electrons. The first kappa shape index (κ1) is 32.4. The number of nitrogens with zero attached hydrogens (tertiary/aromatic N) is 1. The topological polar surface area (TPSA) is 78.9 Å². The lowest BCUT2D eigenvalue weighted by Gasteiger charge is -2.49. The first-order chi connectivity index (χ1) is 21.0. The van der Waals surface area contributed by atoms with E-state index in [1.165, 1.54) is 36.8 Å². The molecule has 2 heterocycles. The number of aliphatic hydroxyl groups excluding tert-OH is 1. The number of rotatable bonds is 7. The highest BCUT2D eigenvalue weighted by molar-refractivity contribution is 7.89. The van der Waals surface area contributed by atoms with Crippen LogP contribution in [-0.4, -0.2) is 68.7 Å². The highest BCUT2D eigenvalue weighted by Gasteiger charge is 2.53. The Labute approximate surface area is 266 Å². The van der Waals surface area contributed by atoms with E-state index in [4.69, 9.17) is 4.74 Å². The van der Waals surface area contributed by atoms with Gasteiger partial charge in [-0.15, -0.1) is 0 Å². The van der Waals surface area contributed by atoms with Crippen molar-refractivity contribution in [1.29, 1.82) is 0 Å². The van der Waals surface area contributed by atoms with Crippen molar-refractivity contribution in [2.75, 3.05) is 32.0 Å². The van der Waals surface area contributed by atoms with Gasteiger partial charge in [0.2, 0.25) is 10.0 Å². The second kappa shape index (κ2) is 13.3. The lowest BCUT2D eigenvalue weighted by atomic mass is 9.56. The number of benzene rings is 1. The Morgan fingerprint density at radius 2 is 1.91 bits per heavy atom. The quantitative estimate of drug-likeness (QED) is 0.357. The molecule has 2 N–H and O–H groups in total. The van der Waals surface area contributed by atoms with Crippen LogP contribution in [0.3, 0.4) is 0 Å². The van der Waals surface area contributed by atoms with Gasteiger partial charge in [-0.1, -0.05) is 68.3 Å². The second-order valence-electron chi connectivity index (χ2n) is 15.3. The van der Waals surface area contributed by atoms with Gasteiger partial charge in [-0.3, -0.25) is 4.90 Å². The molecule has 7 heteroatoms. The molecule has 0 radical (unpaired) electrons. The molecule has 6 rings (SSSR count). The van der Waals surface area contributed by atoms with Crippen LogP contribution >= 0.6 is 0 Å². The number of ether oxygens (including phenoxy) is 1. The minimum Gasteiger partial charge on any atom is -0.389 e. The van der Waals surface area contributed by atoms with Crippen LogP contribution in [0.1, 0.15) is 84.6 Å². The number of sulfonamides is 1. The maximum absolute atomic E-state index is 12.8. The number of allylic oxidation sites excluding steroid dienone is 2. The lowest BCUT2D eigenvalue weighted by molar-refractivity contribution is -0.0715. The number of likely N-dealkylation sites (tertiary alicyclic amines) is 1. The van der Waals surface area contributed by atoms with E-state index >= 15 is 0 Å². The molecule has 3 fully saturated rings. The Hall–Kier alpha value is -1.51. The zero-order valence-corrected chi connectivity index (χ0v) is 28.3. The summed E-state index contributed by atoms with van der Waals surface area (Å²) in [6.07, 6.45) is 11.7. The van der Waals surface area contributed by atoms with Gasteiger partial charge in [0.05, 0.1) is 24.6 Å². The van der Waals surface area contributed by atoms with Crippen molar-refractivity contribution in [3.63, 3.8) is 0 Å². The molecule has 1 saturated heterocycles. The molecule has 6 nitrogen and oxygen atoms in total. The molecule has 44 heavy (non-hydrogen) atoms. The standard InChI is InChI=1S/C37H56N2O4S/c1-25-20-35-36(39(23-25)18-17-38-44(41,42)19-15-28-8-6-5-7-9-28)26(2)10-12-31-32-13-11-29-21-30(40)14-16-37(29,4)34(32)22-33(31)27(3)24-43-35/h5-9,21,25-26,30-32,34-36,38,40H,10-20,22-24H2,1-4H3/b33-27-/t25-,26-,30-,31-,32-,34-,35+,36-,37-/m0/s1. The van der Waals surface area contributed by atoms with E-state index in [1.807, 2.05) is 30.3 Å². The van der Waals surface area contributed by atoms with Gasteiger partial charge in [-0.2, -0.15) is 0 Å². The molecule has 5 aliphatic rings. The Balaban J connectivity index is 1.13. The average Bonchev–Trinajstić information content (AvgIpc) is 3.38. The summed E-state index contributed by atoms with van der Waals surface area (Å²) >= 11 is 0. The molecule has 0 bridgehead atoms. The monoisotopic (exact) mass is 624 g/mol. The first-order valence-corrected chi connectivity index (χ1v) is 19.1. The van der Waals surface area contributed by atoms with Gasteiger partial charge < -0.3 is 9.84 Å². The third-order valence-electron chi connectivity index (χ3n) is 12.4. The van der Waals surface area contributed by atoms with Crippen LogP contribution in [0.2, 0.25) is 0 Å². The van der Waals surface area contributed by atoms with E-state index in [9.17, 15) is 13.5 Å². The molecule has 2 saturated carbocycles. The molecular weight excluding hydrogens is 568 g/mol. The number of hydrogen-bond acceptors (Lipinski definition) is 5. The Bertz CT molecular complexity index is 1330. The first-order valence-electron chi connectivity index (χ1n) is 17.5. The van der Waals surface area contributed by atoms with Crippen LogP contribution in [0.15, 0.2) is 53.1 Å². The zero-order chi connectivity index (χ0) is 31.1. The molecule has 9 atom stereocenters. The smallest absolute Gasteiger partial charge is 0.211 e. The summed E-state index contributed by atoms with van der Waals surface area (Å²) in [4.78, 5) is 2.55. The summed E-state index contributed by atoms with van der Waals surface area (Å²) in [6.45, 7) is 12.4. The SMILES string of the molecule is C/C1=C2\C[C@H]3[C@@H](CCC4=C[C@@H](O)CC[C@@]43C)[C@@H]2CC[C@H](C)[C@H]2[C@@H](C[C@H](C)CN2CCNS(=O)(=O)CCc2ccccc2)OC1. The van der Waals surface area contributed by atoms with Gasteiger partial charge in [-0.05, 0) is 111 Å². The highest BCUT2D eigenvalue weighted by Crippen LogP contribution is 2.62. The van der Waals surface area contributed by atoms with Crippen LogP contribution in [0.5, 0.6) is 0 Å². The minimum absolute atomic E-state index is 0.118. The van der Waals surface area contributed by atoms with E-state index in [1.54, 1.807) is 5.57 Å². The van der Waals surface area contributed by atoms with Crippen molar-refractivity contribution in [3.8, 4) is 0 Å². The zero-order valence-electron chi connectivity index (χ0n) is 27.5. The fourth-order valence-corrected chi connectivity index (χ4v) is 11.1. The molecule has 1 aromatic rings. The van der Waals surface area contributed by atoms with Gasteiger partial charge in [0.1, 0.15) is 0 Å². The average molecular weight is 625 g/mol. The summed E-state index contributed by atoms with van der Waals surface area (Å²) in [5.74, 6) is 3.17. The predicted octanol–water partition coefficient (Wildman–Crippen LogP) is 6.12. The number of aliphatic hydroxyl groups is 1. The largest absolute Gasteiger partial charge is 0.389 e. The van der Waals surface area contributed by atoms with Gasteiger partial charge in [0, 0.05) is 25.7 Å². The van der Waals surface area contributed by atoms with E-state index in [0.29, 0.717) is 49.3 Å². The second-order valence-corrected chi connectivity index (χ2v) is 17.2. The summed E-state index contributed by atoms with van der Waals surface area (Å²) in [6, 6.07) is 10.2. The maximum Gasteiger partial charge on any atom is 0.211 e. The molecular formula is C37H56N2O4S. The van der Waals surface area contributed by atoms with E-state index in [0.717, 1.165) is 50.3 Å². The van der Waals surface area contributed by atoms with Gasteiger partial charge in [-0.25, -0.2) is 13.1 Å². The molecule has 0 amide bonds. The van der Waals surface area contributed by atoms with Gasteiger partial charge >= 0.3 is 0 Å². The summed E-state index contributed by atoms with van der Waals surface area (Å²) < 4.78 is 35.5. The number of aryl methyl sites for hydroxylation is 1. The van der Waals surface area contributed by atoms with Crippen LogP contribution in [0.25, 0.3) is 0 Å². The molecule has 2 aliphatic heterocycles. The van der Waals surface area contributed by atoms with Gasteiger partial charge in [0.25, 0.3) is 0 Å². The van der Waals surface area contributed by atoms with Crippen LogP contribution in [0, 0.1) is 35.0 Å². The van der Waals surface area contributed by atoms with Crippen molar-refractivity contribution in [3.05, 3.63) is 58.7 Å². The van der Waals surface area contributed by atoms with Gasteiger partial charge in [0.15, 0.2) is 0 Å². The Kier molecular flexibility index (Phi) is 9.81. The number of nitrogens with one attached hydrogen (secondary N) is 1. The van der Waals surface area contributed by atoms with E-state index in [-0.39, 0.29) is 23.4 Å². The molecule has 0 spiro atoms. The van der Waals surface area contributed by atoms with E-state index < -0.39 is 10.0 Å². The van der Waals surface area contributed by atoms with Crippen LogP contribution in [0.4, 0.5) is 0 Å². The lowest BCUT2D eigenvalue weighted by Crippen LogP contribution is -2.56. The van der Waals surface area contributed by atoms with E-state index in [2.05, 4.69) is 43.4 Å². The molecule has 0 aromatic heterocycles. The summed E-state index contributed by atoms with van der Waals surface area (Å²) in [5.41, 5.74) is 5.94. The highest BCUT2D eigenvalue weighted by atomic mass is 32.2. The minimum atomic E-state index is -3.34. The summed E-state index contributed by atoms with van der Waals surface area (Å²) in [7, 11) is -3.34. The Morgan fingerprint density at radius 3 is 2.70 bits per heavy atom. The van der Waals surface area contributed by atoms with Crippen molar-refractivity contribution in [1.82, 2.24) is 9.62 Å². The number of piperidine rings is 1. The number of hydrogen-bond donors (Lipinski definition) is 2. The van der Waals surface area contributed by atoms with Crippen molar-refractivity contribution in [2.24, 2.45) is 35.0 Å². The fraction of sp³-hybridized carbons (Fsp3) is 0.730.